The fourth-order valence-corrected chi connectivity index (χ4v) is 1.41. The molecule has 0 aliphatic heterocycles. The van der Waals surface area contributed by atoms with Crippen LogP contribution in [0, 0.1) is 0 Å². The molecule has 3 nitrogen and oxygen atoms in total. The van der Waals surface area contributed by atoms with Gasteiger partial charge in [0.15, 0.2) is 0 Å². The molecule has 0 bridgehead atoms. The molecule has 0 saturated carbocycles. The highest BCUT2D eigenvalue weighted by molar-refractivity contribution is 5.87. The van der Waals surface area contributed by atoms with E-state index < -0.39 is 5.97 Å². The summed E-state index contributed by atoms with van der Waals surface area (Å²) < 4.78 is 0. The lowest BCUT2D eigenvalue weighted by atomic mass is 10.1. The average Bonchev–Trinajstić information content (AvgIpc) is 2.27. The van der Waals surface area contributed by atoms with Crippen molar-refractivity contribution in [3.8, 4) is 0 Å². The Labute approximate surface area is 96.0 Å². The molecule has 86 valence electrons. The number of carboxylic acids is 1. The fourth-order valence-electron chi connectivity index (χ4n) is 1.41. The molecule has 1 N–H and O–H groups in total. The summed E-state index contributed by atoms with van der Waals surface area (Å²) >= 11 is 0. The molecule has 0 saturated heterocycles. The van der Waals surface area contributed by atoms with Crippen LogP contribution in [0.2, 0.25) is 0 Å². The third-order valence-corrected chi connectivity index (χ3v) is 2.31. The minimum Gasteiger partial charge on any atom is -0.478 e. The summed E-state index contributed by atoms with van der Waals surface area (Å²) in [4.78, 5) is 12.8. The molecule has 1 aromatic carbocycles. The number of carboxylic acid groups (broad SMARTS) is 1. The van der Waals surface area contributed by atoms with E-state index in [1.54, 1.807) is 12.1 Å². The van der Waals surface area contributed by atoms with Gasteiger partial charge in [0.25, 0.3) is 0 Å². The summed E-state index contributed by atoms with van der Waals surface area (Å²) in [6, 6.07) is 6.99. The molecule has 3 heteroatoms. The van der Waals surface area contributed by atoms with Crippen LogP contribution in [-0.2, 0) is 6.54 Å². The molecule has 0 unspecified atom stereocenters. The number of allylic oxidation sites excluding steroid dienone is 1. The summed E-state index contributed by atoms with van der Waals surface area (Å²) in [5.41, 5.74) is 1.46. The van der Waals surface area contributed by atoms with E-state index in [-0.39, 0.29) is 0 Å². The number of hydrogen-bond donors (Lipinski definition) is 1. The van der Waals surface area contributed by atoms with E-state index in [1.807, 2.05) is 32.2 Å². The second-order valence-electron chi connectivity index (χ2n) is 3.77. The minimum atomic E-state index is -0.881. The summed E-state index contributed by atoms with van der Waals surface area (Å²) in [7, 11) is 2.03. The lowest BCUT2D eigenvalue weighted by molar-refractivity contribution is 0.0697. The fraction of sp³-hybridized carbons (Fsp3) is 0.308. The molecular formula is C13H17NO2. The highest BCUT2D eigenvalue weighted by atomic mass is 16.4. The highest BCUT2D eigenvalue weighted by Gasteiger charge is 2.02. The van der Waals surface area contributed by atoms with Gasteiger partial charge < -0.3 is 5.11 Å². The summed E-state index contributed by atoms with van der Waals surface area (Å²) in [5.74, 6) is -0.881. The van der Waals surface area contributed by atoms with Crippen LogP contribution in [0.5, 0.6) is 0 Å². The molecule has 16 heavy (non-hydrogen) atoms. The van der Waals surface area contributed by atoms with Gasteiger partial charge in [-0.2, -0.15) is 0 Å². The predicted molar refractivity (Wildman–Crippen MR) is 64.5 cm³/mol. The Bertz CT molecular complexity index is 368. The monoisotopic (exact) mass is 219 g/mol. The van der Waals surface area contributed by atoms with Crippen molar-refractivity contribution in [1.82, 2.24) is 4.90 Å². The molecule has 0 aromatic heterocycles. The summed E-state index contributed by atoms with van der Waals surface area (Å²) in [5, 5.41) is 8.75. The largest absolute Gasteiger partial charge is 0.478 e. The molecule has 1 rings (SSSR count). The molecule has 0 heterocycles. The van der Waals surface area contributed by atoms with Crippen molar-refractivity contribution in [3.63, 3.8) is 0 Å². The molecule has 0 atom stereocenters. The zero-order chi connectivity index (χ0) is 12.0. The normalized spacial score (nSPS) is 11.2. The Balaban J connectivity index is 2.58. The van der Waals surface area contributed by atoms with E-state index in [0.29, 0.717) is 5.56 Å². The summed E-state index contributed by atoms with van der Waals surface area (Å²) in [6.07, 6.45) is 4.11. The van der Waals surface area contributed by atoms with Gasteiger partial charge in [-0.15, -0.1) is 0 Å². The molecule has 0 aliphatic rings. The first kappa shape index (κ1) is 12.5. The number of rotatable bonds is 5. The van der Waals surface area contributed by atoms with E-state index in [4.69, 9.17) is 5.11 Å². The van der Waals surface area contributed by atoms with Gasteiger partial charge in [-0.05, 0) is 31.7 Å². The van der Waals surface area contributed by atoms with Crippen LogP contribution in [0.15, 0.2) is 36.4 Å². The third-order valence-electron chi connectivity index (χ3n) is 2.31. The first-order valence-corrected chi connectivity index (χ1v) is 5.25. The van der Waals surface area contributed by atoms with Crippen molar-refractivity contribution in [2.24, 2.45) is 0 Å². The van der Waals surface area contributed by atoms with E-state index in [9.17, 15) is 4.79 Å². The zero-order valence-electron chi connectivity index (χ0n) is 9.68. The van der Waals surface area contributed by atoms with Crippen LogP contribution in [0.4, 0.5) is 0 Å². The van der Waals surface area contributed by atoms with Crippen LogP contribution in [0.3, 0.4) is 0 Å². The van der Waals surface area contributed by atoms with Crippen molar-refractivity contribution in [3.05, 3.63) is 47.5 Å². The van der Waals surface area contributed by atoms with Gasteiger partial charge in [0.1, 0.15) is 0 Å². The topological polar surface area (TPSA) is 40.5 Å². The molecule has 0 radical (unpaired) electrons. The Morgan fingerprint density at radius 2 is 2.00 bits per heavy atom. The average molecular weight is 219 g/mol. The van der Waals surface area contributed by atoms with Gasteiger partial charge in [0, 0.05) is 13.1 Å². The molecule has 0 amide bonds. The summed E-state index contributed by atoms with van der Waals surface area (Å²) in [6.45, 7) is 3.72. The van der Waals surface area contributed by atoms with Crippen LogP contribution < -0.4 is 0 Å². The van der Waals surface area contributed by atoms with Gasteiger partial charge in [0.05, 0.1) is 5.56 Å². The number of likely N-dealkylation sites (N-methyl/N-ethyl adjacent to an activating group) is 1. The minimum absolute atomic E-state index is 0.333. The second-order valence-corrected chi connectivity index (χ2v) is 3.77. The van der Waals surface area contributed by atoms with Gasteiger partial charge >= 0.3 is 5.97 Å². The van der Waals surface area contributed by atoms with E-state index in [2.05, 4.69) is 11.0 Å². The maximum absolute atomic E-state index is 10.7. The van der Waals surface area contributed by atoms with Gasteiger partial charge in [-0.1, -0.05) is 24.3 Å². The molecule has 0 spiro atoms. The Kier molecular flexibility index (Phi) is 4.73. The first-order valence-electron chi connectivity index (χ1n) is 5.25. The molecule has 0 aliphatic carbocycles. The smallest absolute Gasteiger partial charge is 0.335 e. The van der Waals surface area contributed by atoms with Crippen molar-refractivity contribution < 1.29 is 9.90 Å². The maximum Gasteiger partial charge on any atom is 0.335 e. The lowest BCUT2D eigenvalue weighted by Gasteiger charge is -2.14. The van der Waals surface area contributed by atoms with Gasteiger partial charge in [-0.25, -0.2) is 4.79 Å². The third kappa shape index (κ3) is 3.87. The second kappa shape index (κ2) is 6.08. The first-order chi connectivity index (χ1) is 7.63. The maximum atomic E-state index is 10.7. The number of nitrogens with zero attached hydrogens (tertiary/aromatic N) is 1. The van der Waals surface area contributed by atoms with Crippen molar-refractivity contribution in [2.75, 3.05) is 13.6 Å². The Hall–Kier alpha value is -1.61. The highest BCUT2D eigenvalue weighted by Crippen LogP contribution is 2.06. The standard InChI is InChI=1S/C13H17NO2/c1-3-4-9-14(2)10-11-5-7-12(8-6-11)13(15)16/h3-8H,9-10H2,1-2H3,(H,15,16)/b4-3+. The number of benzene rings is 1. The van der Waals surface area contributed by atoms with E-state index in [0.717, 1.165) is 18.7 Å². The number of hydrogen-bond acceptors (Lipinski definition) is 2. The molecule has 1 aromatic rings. The van der Waals surface area contributed by atoms with E-state index >= 15 is 0 Å². The zero-order valence-corrected chi connectivity index (χ0v) is 9.68. The number of aromatic carboxylic acids is 1. The van der Waals surface area contributed by atoms with Gasteiger partial charge in [0.2, 0.25) is 0 Å². The molecule has 0 fully saturated rings. The quantitative estimate of drug-likeness (QED) is 0.773. The van der Waals surface area contributed by atoms with Crippen LogP contribution in [0.25, 0.3) is 0 Å². The van der Waals surface area contributed by atoms with Crippen molar-refractivity contribution in [1.29, 1.82) is 0 Å². The predicted octanol–water partition coefficient (Wildman–Crippen LogP) is 2.39. The number of carbonyl (C=O) groups is 1. The van der Waals surface area contributed by atoms with Gasteiger partial charge in [-0.3, -0.25) is 4.90 Å². The van der Waals surface area contributed by atoms with Crippen molar-refractivity contribution in [2.45, 2.75) is 13.5 Å². The van der Waals surface area contributed by atoms with Crippen LogP contribution in [0.1, 0.15) is 22.8 Å². The van der Waals surface area contributed by atoms with E-state index in [1.165, 1.54) is 0 Å². The van der Waals surface area contributed by atoms with Crippen molar-refractivity contribution >= 4 is 5.97 Å². The Morgan fingerprint density at radius 1 is 1.38 bits per heavy atom. The van der Waals surface area contributed by atoms with Crippen LogP contribution in [-0.4, -0.2) is 29.6 Å². The van der Waals surface area contributed by atoms with Crippen LogP contribution >= 0.6 is 0 Å². The lowest BCUT2D eigenvalue weighted by Crippen LogP contribution is -2.17. The Morgan fingerprint density at radius 3 is 2.50 bits per heavy atom. The SMILES string of the molecule is C/C=C/CN(C)Cc1ccc(C(=O)O)cc1. The molecular weight excluding hydrogens is 202 g/mol.